The first kappa shape index (κ1) is 18.2. The highest BCUT2D eigenvalue weighted by atomic mass is 19.1. The largest absolute Gasteiger partial charge is 0.338 e. The van der Waals surface area contributed by atoms with Crippen LogP contribution in [0.3, 0.4) is 0 Å². The number of nitrogens with zero attached hydrogens (tertiary/aromatic N) is 2. The SMILES string of the molecule is CC(=O)Nc1cccc(Nc2nc(C)cc(Nc3ccc(F)cc3F)n2)c1. The van der Waals surface area contributed by atoms with E-state index in [1.807, 2.05) is 0 Å². The van der Waals surface area contributed by atoms with Crippen LogP contribution in [-0.4, -0.2) is 15.9 Å². The summed E-state index contributed by atoms with van der Waals surface area (Å²) in [4.78, 5) is 19.8. The zero-order valence-electron chi connectivity index (χ0n) is 14.7. The Hall–Kier alpha value is -3.55. The number of amides is 1. The van der Waals surface area contributed by atoms with Crippen molar-refractivity contribution in [3.63, 3.8) is 0 Å². The van der Waals surface area contributed by atoms with Gasteiger partial charge in [0.1, 0.15) is 17.5 Å². The van der Waals surface area contributed by atoms with Crippen LogP contribution in [0, 0.1) is 18.6 Å². The first-order valence-electron chi connectivity index (χ1n) is 8.11. The number of halogens is 2. The van der Waals surface area contributed by atoms with Gasteiger partial charge in [-0.05, 0) is 37.3 Å². The van der Waals surface area contributed by atoms with E-state index in [1.54, 1.807) is 37.3 Å². The van der Waals surface area contributed by atoms with Crippen LogP contribution in [0.1, 0.15) is 12.6 Å². The lowest BCUT2D eigenvalue weighted by molar-refractivity contribution is -0.114. The predicted octanol–water partition coefficient (Wildman–Crippen LogP) is 4.51. The average Bonchev–Trinajstić information content (AvgIpc) is 2.56. The van der Waals surface area contributed by atoms with Crippen LogP contribution in [0.4, 0.5) is 37.6 Å². The lowest BCUT2D eigenvalue weighted by atomic mass is 10.2. The summed E-state index contributed by atoms with van der Waals surface area (Å²) in [7, 11) is 0. The van der Waals surface area contributed by atoms with Crippen LogP contribution < -0.4 is 16.0 Å². The molecule has 0 aliphatic heterocycles. The van der Waals surface area contributed by atoms with Gasteiger partial charge in [-0.25, -0.2) is 13.8 Å². The molecular formula is C19H17F2N5O. The highest BCUT2D eigenvalue weighted by Gasteiger charge is 2.08. The quantitative estimate of drug-likeness (QED) is 0.617. The first-order valence-corrected chi connectivity index (χ1v) is 8.11. The first-order chi connectivity index (χ1) is 12.9. The molecule has 3 aromatic rings. The molecule has 3 rings (SSSR count). The predicted molar refractivity (Wildman–Crippen MR) is 100 cm³/mol. The van der Waals surface area contributed by atoms with E-state index in [-0.39, 0.29) is 11.6 Å². The molecule has 0 atom stereocenters. The van der Waals surface area contributed by atoms with Crippen molar-refractivity contribution in [2.24, 2.45) is 0 Å². The molecule has 8 heteroatoms. The maximum atomic E-state index is 13.8. The van der Waals surface area contributed by atoms with Gasteiger partial charge in [0.05, 0.1) is 5.69 Å². The molecule has 1 aromatic heterocycles. The Kier molecular flexibility index (Phi) is 5.25. The number of benzene rings is 2. The smallest absolute Gasteiger partial charge is 0.229 e. The number of hydrogen-bond donors (Lipinski definition) is 3. The number of carbonyl (C=O) groups is 1. The van der Waals surface area contributed by atoms with Gasteiger partial charge in [0.2, 0.25) is 11.9 Å². The Balaban J connectivity index is 1.82. The van der Waals surface area contributed by atoms with Gasteiger partial charge >= 0.3 is 0 Å². The topological polar surface area (TPSA) is 78.9 Å². The average molecular weight is 369 g/mol. The second-order valence-corrected chi connectivity index (χ2v) is 5.85. The molecule has 1 amide bonds. The number of rotatable bonds is 5. The van der Waals surface area contributed by atoms with Gasteiger partial charge in [-0.2, -0.15) is 4.98 Å². The van der Waals surface area contributed by atoms with E-state index in [0.717, 1.165) is 12.1 Å². The standard InChI is InChI=1S/C19H17F2N5O/c1-11-8-18(25-17-7-6-13(20)9-16(17)21)26-19(22-11)24-15-5-3-4-14(10-15)23-12(2)27/h3-10H,1-2H3,(H,23,27)(H2,22,24,25,26). The van der Waals surface area contributed by atoms with E-state index in [1.165, 1.54) is 13.0 Å². The minimum Gasteiger partial charge on any atom is -0.338 e. The monoisotopic (exact) mass is 369 g/mol. The molecule has 3 N–H and O–H groups in total. The van der Waals surface area contributed by atoms with E-state index < -0.39 is 11.6 Å². The Morgan fingerprint density at radius 1 is 0.963 bits per heavy atom. The van der Waals surface area contributed by atoms with Crippen molar-refractivity contribution in [2.45, 2.75) is 13.8 Å². The molecule has 0 saturated carbocycles. The molecule has 0 radical (unpaired) electrons. The number of hydrogen-bond acceptors (Lipinski definition) is 5. The van der Waals surface area contributed by atoms with Crippen molar-refractivity contribution in [2.75, 3.05) is 16.0 Å². The fourth-order valence-corrected chi connectivity index (χ4v) is 2.42. The Bertz CT molecular complexity index is 994. The Morgan fingerprint density at radius 3 is 2.48 bits per heavy atom. The molecular weight excluding hydrogens is 352 g/mol. The molecule has 27 heavy (non-hydrogen) atoms. The minimum atomic E-state index is -0.719. The van der Waals surface area contributed by atoms with Gasteiger partial charge < -0.3 is 16.0 Å². The van der Waals surface area contributed by atoms with E-state index in [9.17, 15) is 13.6 Å². The minimum absolute atomic E-state index is 0.105. The summed E-state index contributed by atoms with van der Waals surface area (Å²) >= 11 is 0. The fraction of sp³-hybridized carbons (Fsp3) is 0.105. The number of anilines is 5. The van der Waals surface area contributed by atoms with E-state index in [4.69, 9.17) is 0 Å². The van der Waals surface area contributed by atoms with Crippen molar-refractivity contribution in [3.05, 3.63) is 65.9 Å². The summed E-state index contributed by atoms with van der Waals surface area (Å²) in [5.74, 6) is -0.901. The third-order valence-electron chi connectivity index (χ3n) is 3.49. The van der Waals surface area contributed by atoms with E-state index >= 15 is 0 Å². The number of aromatic nitrogens is 2. The summed E-state index contributed by atoms with van der Waals surface area (Å²) in [6, 6.07) is 12.0. The van der Waals surface area contributed by atoms with Crippen molar-refractivity contribution in [1.82, 2.24) is 9.97 Å². The molecule has 138 valence electrons. The normalized spacial score (nSPS) is 10.4. The van der Waals surface area contributed by atoms with Crippen LogP contribution in [0.15, 0.2) is 48.5 Å². The number of aryl methyl sites for hydroxylation is 1. The van der Waals surface area contributed by atoms with Crippen LogP contribution >= 0.6 is 0 Å². The number of nitrogens with one attached hydrogen (secondary N) is 3. The lowest BCUT2D eigenvalue weighted by Crippen LogP contribution is -2.06. The van der Waals surface area contributed by atoms with Crippen LogP contribution in [0.5, 0.6) is 0 Å². The van der Waals surface area contributed by atoms with Gasteiger partial charge in [0, 0.05) is 36.1 Å². The molecule has 0 aliphatic rings. The van der Waals surface area contributed by atoms with Gasteiger partial charge in [-0.15, -0.1) is 0 Å². The molecule has 0 unspecified atom stereocenters. The Labute approximate surface area is 154 Å². The summed E-state index contributed by atoms with van der Waals surface area (Å²) < 4.78 is 26.9. The maximum Gasteiger partial charge on any atom is 0.229 e. The van der Waals surface area contributed by atoms with Crippen LogP contribution in [0.25, 0.3) is 0 Å². The third kappa shape index (κ3) is 4.97. The third-order valence-corrected chi connectivity index (χ3v) is 3.49. The van der Waals surface area contributed by atoms with E-state index in [0.29, 0.717) is 28.8 Å². The molecule has 0 spiro atoms. The van der Waals surface area contributed by atoms with Crippen molar-refractivity contribution in [1.29, 1.82) is 0 Å². The van der Waals surface area contributed by atoms with Crippen LogP contribution in [0.2, 0.25) is 0 Å². The van der Waals surface area contributed by atoms with Gasteiger partial charge in [-0.3, -0.25) is 4.79 Å². The summed E-state index contributed by atoms with van der Waals surface area (Å²) in [6.45, 7) is 3.20. The lowest BCUT2D eigenvalue weighted by Gasteiger charge is -2.11. The summed E-state index contributed by atoms with van der Waals surface area (Å²) in [5.41, 5.74) is 2.06. The zero-order valence-corrected chi connectivity index (χ0v) is 14.7. The van der Waals surface area contributed by atoms with Crippen LogP contribution in [-0.2, 0) is 4.79 Å². The summed E-state index contributed by atoms with van der Waals surface area (Å²) in [6.07, 6.45) is 0. The second kappa shape index (κ2) is 7.77. The zero-order chi connectivity index (χ0) is 19.4. The van der Waals surface area contributed by atoms with Crippen molar-refractivity contribution >= 4 is 34.7 Å². The van der Waals surface area contributed by atoms with Crippen molar-refractivity contribution in [3.8, 4) is 0 Å². The van der Waals surface area contributed by atoms with Crippen molar-refractivity contribution < 1.29 is 13.6 Å². The van der Waals surface area contributed by atoms with Gasteiger partial charge in [0.25, 0.3) is 0 Å². The molecule has 0 saturated heterocycles. The number of carbonyl (C=O) groups excluding carboxylic acids is 1. The Morgan fingerprint density at radius 2 is 1.74 bits per heavy atom. The van der Waals surface area contributed by atoms with Gasteiger partial charge in [-0.1, -0.05) is 6.07 Å². The van der Waals surface area contributed by atoms with E-state index in [2.05, 4.69) is 25.9 Å². The maximum absolute atomic E-state index is 13.8. The second-order valence-electron chi connectivity index (χ2n) is 5.85. The fourth-order valence-electron chi connectivity index (χ4n) is 2.42. The highest BCUT2D eigenvalue weighted by Crippen LogP contribution is 2.23. The summed E-state index contributed by atoms with van der Waals surface area (Å²) in [5, 5.41) is 8.55. The molecule has 1 heterocycles. The van der Waals surface area contributed by atoms with Gasteiger partial charge in [0.15, 0.2) is 0 Å². The highest BCUT2D eigenvalue weighted by molar-refractivity contribution is 5.89. The molecule has 6 nitrogen and oxygen atoms in total. The molecule has 0 aliphatic carbocycles. The molecule has 0 bridgehead atoms. The molecule has 2 aromatic carbocycles. The molecule has 0 fully saturated rings.